The Bertz CT molecular complexity index is 860. The van der Waals surface area contributed by atoms with Crippen molar-refractivity contribution in [3.63, 3.8) is 0 Å². The van der Waals surface area contributed by atoms with Gasteiger partial charge < -0.3 is 21.1 Å². The third-order valence-electron chi connectivity index (χ3n) is 7.03. The Morgan fingerprint density at radius 1 is 1.03 bits per heavy atom. The Hall–Kier alpha value is -2.90. The number of rotatable bonds is 7. The molecular formula is C23H29N3O5. The summed E-state index contributed by atoms with van der Waals surface area (Å²) >= 11 is 0. The number of hydrogen-bond donors (Lipinski definition) is 3. The molecule has 0 aliphatic heterocycles. The Morgan fingerprint density at radius 2 is 1.58 bits per heavy atom. The Balaban J connectivity index is 1.24. The molecule has 5 rings (SSSR count). The fraction of sp³-hybridized carbons (Fsp3) is 0.565. The number of esters is 1. The van der Waals surface area contributed by atoms with Crippen LogP contribution in [0.5, 0.6) is 0 Å². The molecule has 4 aliphatic rings. The van der Waals surface area contributed by atoms with Gasteiger partial charge in [-0.25, -0.2) is 0 Å². The van der Waals surface area contributed by atoms with E-state index in [1.54, 1.807) is 0 Å². The quantitative estimate of drug-likeness (QED) is 0.574. The van der Waals surface area contributed by atoms with Crippen LogP contribution in [0, 0.1) is 23.2 Å². The number of ether oxygens (including phenoxy) is 1. The van der Waals surface area contributed by atoms with E-state index in [2.05, 4.69) is 10.6 Å². The van der Waals surface area contributed by atoms with E-state index in [1.165, 1.54) is 50.5 Å². The second kappa shape index (κ2) is 8.32. The predicted octanol–water partition coefficient (Wildman–Crippen LogP) is 1.99. The van der Waals surface area contributed by atoms with E-state index >= 15 is 0 Å². The van der Waals surface area contributed by atoms with Crippen molar-refractivity contribution in [2.24, 2.45) is 28.9 Å². The third-order valence-corrected chi connectivity index (χ3v) is 7.03. The van der Waals surface area contributed by atoms with Gasteiger partial charge in [-0.2, -0.15) is 0 Å². The number of carbonyl (C=O) groups excluding carboxylic acids is 4. The predicted molar refractivity (Wildman–Crippen MR) is 113 cm³/mol. The fourth-order valence-corrected chi connectivity index (χ4v) is 5.98. The minimum absolute atomic E-state index is 0.0461. The molecule has 4 bridgehead atoms. The van der Waals surface area contributed by atoms with Gasteiger partial charge in [0.05, 0.1) is 0 Å². The van der Waals surface area contributed by atoms with Crippen LogP contribution in [0.1, 0.15) is 55.8 Å². The van der Waals surface area contributed by atoms with Crippen LogP contribution in [-0.2, 0) is 19.1 Å². The number of carbonyl (C=O) groups is 4. The third kappa shape index (κ3) is 4.57. The van der Waals surface area contributed by atoms with Crippen molar-refractivity contribution in [2.75, 3.05) is 11.9 Å². The van der Waals surface area contributed by atoms with Gasteiger partial charge in [-0.1, -0.05) is 0 Å². The Morgan fingerprint density at radius 3 is 2.10 bits per heavy atom. The van der Waals surface area contributed by atoms with Gasteiger partial charge in [-0.3, -0.25) is 19.2 Å². The van der Waals surface area contributed by atoms with E-state index < -0.39 is 23.9 Å². The SMILES string of the molecule is C[C@H](OC(=O)CNC(=O)C12CC3CC(CC(C3)C1)C2)C(=O)Nc1ccc(C(N)=O)cc1. The zero-order valence-electron chi connectivity index (χ0n) is 17.7. The van der Waals surface area contributed by atoms with Gasteiger partial charge in [0.15, 0.2) is 6.10 Å². The lowest BCUT2D eigenvalue weighted by molar-refractivity contribution is -0.155. The smallest absolute Gasteiger partial charge is 0.326 e. The average Bonchev–Trinajstić information content (AvgIpc) is 2.71. The molecule has 0 radical (unpaired) electrons. The minimum atomic E-state index is -1.03. The second-order valence-electron chi connectivity index (χ2n) is 9.44. The molecule has 1 atom stereocenters. The van der Waals surface area contributed by atoms with E-state index in [9.17, 15) is 19.2 Å². The first-order valence-corrected chi connectivity index (χ1v) is 10.9. The normalized spacial score (nSPS) is 29.1. The van der Waals surface area contributed by atoms with Gasteiger partial charge in [0.25, 0.3) is 5.91 Å². The molecule has 4 aliphatic carbocycles. The number of nitrogens with two attached hydrogens (primary N) is 1. The van der Waals surface area contributed by atoms with Crippen LogP contribution in [0.3, 0.4) is 0 Å². The lowest BCUT2D eigenvalue weighted by Gasteiger charge is -2.55. The summed E-state index contributed by atoms with van der Waals surface area (Å²) < 4.78 is 5.18. The molecule has 0 saturated heterocycles. The molecule has 3 amide bonds. The molecule has 0 spiro atoms. The van der Waals surface area contributed by atoms with Crippen LogP contribution in [0.15, 0.2) is 24.3 Å². The first-order chi connectivity index (χ1) is 14.7. The molecule has 4 fully saturated rings. The zero-order valence-corrected chi connectivity index (χ0v) is 17.7. The van der Waals surface area contributed by atoms with Crippen molar-refractivity contribution in [3.8, 4) is 0 Å². The van der Waals surface area contributed by atoms with Crippen molar-refractivity contribution >= 4 is 29.4 Å². The highest BCUT2D eigenvalue weighted by atomic mass is 16.5. The van der Waals surface area contributed by atoms with Crippen LogP contribution < -0.4 is 16.4 Å². The maximum Gasteiger partial charge on any atom is 0.326 e. The highest BCUT2D eigenvalue weighted by Gasteiger charge is 2.54. The van der Waals surface area contributed by atoms with Crippen molar-refractivity contribution in [1.29, 1.82) is 0 Å². The minimum Gasteiger partial charge on any atom is -0.451 e. The van der Waals surface area contributed by atoms with Crippen molar-refractivity contribution in [2.45, 2.75) is 51.6 Å². The van der Waals surface area contributed by atoms with Crippen molar-refractivity contribution < 1.29 is 23.9 Å². The first kappa shape index (κ1) is 21.3. The highest BCUT2D eigenvalue weighted by Crippen LogP contribution is 2.60. The van der Waals surface area contributed by atoms with E-state index in [0.717, 1.165) is 19.3 Å². The first-order valence-electron chi connectivity index (χ1n) is 10.9. The second-order valence-corrected chi connectivity index (χ2v) is 9.44. The topological polar surface area (TPSA) is 128 Å². The van der Waals surface area contributed by atoms with Gasteiger partial charge in [-0.15, -0.1) is 0 Å². The lowest BCUT2D eigenvalue weighted by Crippen LogP contribution is -2.54. The van der Waals surface area contributed by atoms with Crippen LogP contribution in [0.2, 0.25) is 0 Å². The van der Waals surface area contributed by atoms with E-state index in [-0.39, 0.29) is 17.9 Å². The van der Waals surface area contributed by atoms with Crippen LogP contribution in [0.25, 0.3) is 0 Å². The summed E-state index contributed by atoms with van der Waals surface area (Å²) in [7, 11) is 0. The summed E-state index contributed by atoms with van der Waals surface area (Å²) in [6, 6.07) is 6.07. The Labute approximate surface area is 181 Å². The molecule has 1 aromatic rings. The maximum atomic E-state index is 12.9. The Kier molecular flexibility index (Phi) is 5.73. The summed E-state index contributed by atoms with van der Waals surface area (Å²) in [5.74, 6) is 0.169. The standard InChI is InChI=1S/C23H29N3O5/c1-13(21(29)26-18-4-2-17(3-5-18)20(24)28)31-19(27)12-25-22(30)23-9-14-6-15(10-23)8-16(7-14)11-23/h2-5,13-16H,6-12H2,1H3,(H2,24,28)(H,25,30)(H,26,29)/t13-,14?,15?,16?,23?/m0/s1. The molecule has 4 N–H and O–H groups in total. The molecule has 0 heterocycles. The van der Waals surface area contributed by atoms with E-state index in [4.69, 9.17) is 10.5 Å². The van der Waals surface area contributed by atoms with Crippen LogP contribution in [-0.4, -0.2) is 36.3 Å². The van der Waals surface area contributed by atoms with Crippen LogP contribution in [0.4, 0.5) is 5.69 Å². The van der Waals surface area contributed by atoms with Gasteiger partial charge >= 0.3 is 5.97 Å². The summed E-state index contributed by atoms with van der Waals surface area (Å²) in [6.45, 7) is 1.22. The zero-order chi connectivity index (χ0) is 22.2. The van der Waals surface area contributed by atoms with Crippen molar-refractivity contribution in [3.05, 3.63) is 29.8 Å². The van der Waals surface area contributed by atoms with E-state index in [1.807, 2.05) is 0 Å². The number of nitrogens with one attached hydrogen (secondary N) is 2. The van der Waals surface area contributed by atoms with Gasteiger partial charge in [0.2, 0.25) is 11.8 Å². The van der Waals surface area contributed by atoms with Gasteiger partial charge in [0.1, 0.15) is 6.54 Å². The van der Waals surface area contributed by atoms with Gasteiger partial charge in [0, 0.05) is 16.7 Å². The summed E-state index contributed by atoms with van der Waals surface area (Å²) in [5.41, 5.74) is 5.64. The molecule has 0 unspecified atom stereocenters. The molecule has 0 aromatic heterocycles. The van der Waals surface area contributed by atoms with Gasteiger partial charge in [-0.05, 0) is 87.5 Å². The summed E-state index contributed by atoms with van der Waals surface area (Å²) in [5, 5.41) is 5.37. The molecule has 1 aromatic carbocycles. The van der Waals surface area contributed by atoms with Crippen LogP contribution >= 0.6 is 0 Å². The number of benzene rings is 1. The molecule has 8 nitrogen and oxygen atoms in total. The lowest BCUT2D eigenvalue weighted by atomic mass is 9.49. The molecule has 8 heteroatoms. The average molecular weight is 428 g/mol. The molecule has 4 saturated carbocycles. The number of primary amides is 1. The molecule has 166 valence electrons. The molecular weight excluding hydrogens is 398 g/mol. The van der Waals surface area contributed by atoms with E-state index in [0.29, 0.717) is 29.0 Å². The summed E-state index contributed by atoms with van der Waals surface area (Å²) in [6.07, 6.45) is 5.47. The summed E-state index contributed by atoms with van der Waals surface area (Å²) in [4.78, 5) is 48.5. The number of anilines is 1. The number of hydrogen-bond acceptors (Lipinski definition) is 5. The van der Waals surface area contributed by atoms with Crippen molar-refractivity contribution in [1.82, 2.24) is 5.32 Å². The largest absolute Gasteiger partial charge is 0.451 e. The maximum absolute atomic E-state index is 12.9. The number of amides is 3. The monoisotopic (exact) mass is 427 g/mol. The fourth-order valence-electron chi connectivity index (χ4n) is 5.98. The molecule has 31 heavy (non-hydrogen) atoms. The highest BCUT2D eigenvalue weighted by molar-refractivity contribution is 5.97.